The first-order valence-electron chi connectivity index (χ1n) is 5.41. The van der Waals surface area contributed by atoms with Crippen molar-refractivity contribution >= 4 is 5.69 Å². The van der Waals surface area contributed by atoms with E-state index in [1.165, 1.54) is 11.3 Å². The van der Waals surface area contributed by atoms with Crippen LogP contribution in [0, 0.1) is 6.92 Å². The molecule has 3 heteroatoms. The summed E-state index contributed by atoms with van der Waals surface area (Å²) < 4.78 is 5.21. The van der Waals surface area contributed by atoms with Gasteiger partial charge in [-0.05, 0) is 30.7 Å². The first kappa shape index (κ1) is 10.3. The first-order chi connectivity index (χ1) is 7.31. The van der Waals surface area contributed by atoms with Crippen molar-refractivity contribution in [2.45, 2.75) is 6.92 Å². The molecule has 1 aromatic carbocycles. The molecule has 1 N–H and O–H groups in total. The average molecular weight is 206 g/mol. The van der Waals surface area contributed by atoms with E-state index < -0.39 is 0 Å². The van der Waals surface area contributed by atoms with Gasteiger partial charge in [-0.15, -0.1) is 0 Å². The summed E-state index contributed by atoms with van der Waals surface area (Å²) in [5, 5.41) is 3.36. The van der Waals surface area contributed by atoms with Gasteiger partial charge in [0.2, 0.25) is 0 Å². The van der Waals surface area contributed by atoms with Gasteiger partial charge in [0.05, 0.1) is 7.11 Å². The molecule has 1 heterocycles. The van der Waals surface area contributed by atoms with Crippen LogP contribution in [0.1, 0.15) is 5.56 Å². The summed E-state index contributed by atoms with van der Waals surface area (Å²) in [6, 6.07) is 6.28. The quantitative estimate of drug-likeness (QED) is 0.792. The number of nitrogens with one attached hydrogen (secondary N) is 1. The molecule has 82 valence electrons. The molecule has 0 saturated carbocycles. The maximum Gasteiger partial charge on any atom is 0.119 e. The lowest BCUT2D eigenvalue weighted by atomic mass is 10.1. The van der Waals surface area contributed by atoms with Gasteiger partial charge in [0.1, 0.15) is 5.75 Å². The molecule has 1 aliphatic rings. The predicted molar refractivity (Wildman–Crippen MR) is 62.8 cm³/mol. The van der Waals surface area contributed by atoms with E-state index in [2.05, 4.69) is 29.3 Å². The van der Waals surface area contributed by atoms with Gasteiger partial charge in [0, 0.05) is 31.9 Å². The van der Waals surface area contributed by atoms with Crippen LogP contribution in [0.5, 0.6) is 5.75 Å². The molecule has 1 fully saturated rings. The van der Waals surface area contributed by atoms with Crippen molar-refractivity contribution in [3.05, 3.63) is 23.8 Å². The number of anilines is 1. The molecule has 1 aromatic rings. The van der Waals surface area contributed by atoms with Crippen LogP contribution in [-0.4, -0.2) is 33.3 Å². The molecule has 1 aliphatic heterocycles. The molecule has 3 nitrogen and oxygen atoms in total. The van der Waals surface area contributed by atoms with Gasteiger partial charge in [-0.1, -0.05) is 0 Å². The summed E-state index contributed by atoms with van der Waals surface area (Å²) in [4.78, 5) is 2.42. The van der Waals surface area contributed by atoms with E-state index in [-0.39, 0.29) is 0 Å². The highest BCUT2D eigenvalue weighted by molar-refractivity contribution is 5.56. The van der Waals surface area contributed by atoms with Gasteiger partial charge in [0.25, 0.3) is 0 Å². The second kappa shape index (κ2) is 4.53. The monoisotopic (exact) mass is 206 g/mol. The number of ether oxygens (including phenoxy) is 1. The lowest BCUT2D eigenvalue weighted by Crippen LogP contribution is -2.43. The Morgan fingerprint density at radius 3 is 2.60 bits per heavy atom. The van der Waals surface area contributed by atoms with Gasteiger partial charge >= 0.3 is 0 Å². The topological polar surface area (TPSA) is 24.5 Å². The van der Waals surface area contributed by atoms with E-state index in [0.29, 0.717) is 0 Å². The Hall–Kier alpha value is -1.22. The summed E-state index contributed by atoms with van der Waals surface area (Å²) in [5.74, 6) is 0.936. The number of aryl methyl sites for hydroxylation is 1. The van der Waals surface area contributed by atoms with Crippen LogP contribution in [-0.2, 0) is 0 Å². The number of hydrogen-bond acceptors (Lipinski definition) is 3. The van der Waals surface area contributed by atoms with E-state index in [1.807, 2.05) is 6.07 Å². The van der Waals surface area contributed by atoms with Crippen molar-refractivity contribution in [3.8, 4) is 5.75 Å². The Morgan fingerprint density at radius 1 is 1.27 bits per heavy atom. The second-order valence-electron chi connectivity index (χ2n) is 3.89. The normalized spacial score (nSPS) is 16.5. The molecule has 0 unspecified atom stereocenters. The summed E-state index contributed by atoms with van der Waals surface area (Å²) >= 11 is 0. The van der Waals surface area contributed by atoms with Crippen LogP contribution in [0.3, 0.4) is 0 Å². The second-order valence-corrected chi connectivity index (χ2v) is 3.89. The van der Waals surface area contributed by atoms with Gasteiger partial charge < -0.3 is 15.0 Å². The Labute approximate surface area is 91.0 Å². The van der Waals surface area contributed by atoms with Crippen LogP contribution in [0.25, 0.3) is 0 Å². The standard InChI is InChI=1S/C12H18N2O/c1-10-9-11(15-2)3-4-12(10)14-7-5-13-6-8-14/h3-4,9,13H,5-8H2,1-2H3. The highest BCUT2D eigenvalue weighted by Crippen LogP contribution is 2.24. The lowest BCUT2D eigenvalue weighted by Gasteiger charge is -2.30. The molecule has 0 spiro atoms. The van der Waals surface area contributed by atoms with Crippen LogP contribution in [0.2, 0.25) is 0 Å². The van der Waals surface area contributed by atoms with E-state index in [4.69, 9.17) is 4.74 Å². The van der Waals surface area contributed by atoms with E-state index >= 15 is 0 Å². The summed E-state index contributed by atoms with van der Waals surface area (Å²) in [6.07, 6.45) is 0. The molecule has 0 amide bonds. The number of piperazine rings is 1. The molecule has 0 aromatic heterocycles. The maximum atomic E-state index is 5.21. The fourth-order valence-electron chi connectivity index (χ4n) is 2.02. The lowest BCUT2D eigenvalue weighted by molar-refractivity contribution is 0.414. The summed E-state index contributed by atoms with van der Waals surface area (Å²) in [7, 11) is 1.71. The van der Waals surface area contributed by atoms with E-state index in [9.17, 15) is 0 Å². The Morgan fingerprint density at radius 2 is 2.00 bits per heavy atom. The molecule has 0 atom stereocenters. The average Bonchev–Trinajstić information content (AvgIpc) is 2.30. The smallest absolute Gasteiger partial charge is 0.119 e. The first-order valence-corrected chi connectivity index (χ1v) is 5.41. The largest absolute Gasteiger partial charge is 0.497 e. The van der Waals surface area contributed by atoms with Gasteiger partial charge in [-0.3, -0.25) is 0 Å². The van der Waals surface area contributed by atoms with E-state index in [0.717, 1.165) is 31.9 Å². The minimum absolute atomic E-state index is 0.936. The zero-order valence-corrected chi connectivity index (χ0v) is 9.42. The fourth-order valence-corrected chi connectivity index (χ4v) is 2.02. The number of hydrogen-bond donors (Lipinski definition) is 1. The van der Waals surface area contributed by atoms with Gasteiger partial charge in [0.15, 0.2) is 0 Å². The Balaban J connectivity index is 2.19. The van der Waals surface area contributed by atoms with Crippen molar-refractivity contribution in [2.24, 2.45) is 0 Å². The number of rotatable bonds is 2. The SMILES string of the molecule is COc1ccc(N2CCNCC2)c(C)c1. The van der Waals surface area contributed by atoms with Crippen LogP contribution >= 0.6 is 0 Å². The van der Waals surface area contributed by atoms with Gasteiger partial charge in [-0.2, -0.15) is 0 Å². The predicted octanol–water partition coefficient (Wildman–Crippen LogP) is 1.41. The molecule has 0 radical (unpaired) electrons. The third kappa shape index (κ3) is 2.23. The highest BCUT2D eigenvalue weighted by Gasteiger charge is 2.12. The zero-order valence-electron chi connectivity index (χ0n) is 9.42. The highest BCUT2D eigenvalue weighted by atomic mass is 16.5. The zero-order chi connectivity index (χ0) is 10.7. The molecule has 15 heavy (non-hydrogen) atoms. The third-order valence-corrected chi connectivity index (χ3v) is 2.86. The Kier molecular flexibility index (Phi) is 3.11. The Bertz CT molecular complexity index is 332. The molecule has 0 aliphatic carbocycles. The summed E-state index contributed by atoms with van der Waals surface area (Å²) in [5.41, 5.74) is 2.62. The number of nitrogens with zero attached hydrogens (tertiary/aromatic N) is 1. The molecule has 2 rings (SSSR count). The van der Waals surface area contributed by atoms with Crippen LogP contribution in [0.4, 0.5) is 5.69 Å². The molecule has 1 saturated heterocycles. The van der Waals surface area contributed by atoms with Crippen molar-refractivity contribution in [3.63, 3.8) is 0 Å². The van der Waals surface area contributed by atoms with E-state index in [1.54, 1.807) is 7.11 Å². The maximum absolute atomic E-state index is 5.21. The van der Waals surface area contributed by atoms with Crippen molar-refractivity contribution in [1.29, 1.82) is 0 Å². The van der Waals surface area contributed by atoms with Crippen LogP contribution < -0.4 is 15.0 Å². The van der Waals surface area contributed by atoms with Crippen molar-refractivity contribution < 1.29 is 4.74 Å². The minimum Gasteiger partial charge on any atom is -0.497 e. The molecular weight excluding hydrogens is 188 g/mol. The third-order valence-electron chi connectivity index (χ3n) is 2.86. The van der Waals surface area contributed by atoms with Crippen LogP contribution in [0.15, 0.2) is 18.2 Å². The van der Waals surface area contributed by atoms with Crippen molar-refractivity contribution in [1.82, 2.24) is 5.32 Å². The van der Waals surface area contributed by atoms with Crippen molar-refractivity contribution in [2.75, 3.05) is 38.2 Å². The molecule has 0 bridgehead atoms. The molecular formula is C12H18N2O. The number of benzene rings is 1. The number of methoxy groups -OCH3 is 1. The minimum atomic E-state index is 0.936. The fraction of sp³-hybridized carbons (Fsp3) is 0.500. The van der Waals surface area contributed by atoms with Gasteiger partial charge in [-0.25, -0.2) is 0 Å². The summed E-state index contributed by atoms with van der Waals surface area (Å²) in [6.45, 7) is 6.47.